The summed E-state index contributed by atoms with van der Waals surface area (Å²) in [5.41, 5.74) is 0.927. The second kappa shape index (κ2) is 7.78. The smallest absolute Gasteiger partial charge is 0.124 e. The molecular weight excluding hydrogens is 266 g/mol. The van der Waals surface area contributed by atoms with E-state index in [1.54, 1.807) is 7.11 Å². The van der Waals surface area contributed by atoms with Gasteiger partial charge in [0.15, 0.2) is 0 Å². The molecule has 1 aromatic carbocycles. The van der Waals surface area contributed by atoms with Gasteiger partial charge in [-0.05, 0) is 19.5 Å². The minimum absolute atomic E-state index is 0.0967. The maximum Gasteiger partial charge on any atom is 0.124 e. The maximum atomic E-state index is 5.95. The zero-order valence-electron chi connectivity index (χ0n) is 13.4. The number of rotatable bonds is 7. The van der Waals surface area contributed by atoms with Crippen molar-refractivity contribution in [1.29, 1.82) is 0 Å². The van der Waals surface area contributed by atoms with Crippen LogP contribution in [0, 0.1) is 0 Å². The molecule has 4 heteroatoms. The van der Waals surface area contributed by atoms with E-state index in [0.29, 0.717) is 0 Å². The molecule has 4 nitrogen and oxygen atoms in total. The lowest BCUT2D eigenvalue weighted by Crippen LogP contribution is -2.48. The summed E-state index contributed by atoms with van der Waals surface area (Å²) in [6.07, 6.45) is 2.77. The van der Waals surface area contributed by atoms with E-state index in [1.807, 2.05) is 19.2 Å². The Morgan fingerprint density at radius 1 is 1.29 bits per heavy atom. The van der Waals surface area contributed by atoms with E-state index in [1.165, 1.54) is 0 Å². The van der Waals surface area contributed by atoms with Crippen LogP contribution in [0.15, 0.2) is 24.3 Å². The zero-order chi connectivity index (χ0) is 15.1. The molecule has 1 unspecified atom stereocenters. The third-order valence-corrected chi connectivity index (χ3v) is 4.25. The van der Waals surface area contributed by atoms with Crippen molar-refractivity contribution in [3.05, 3.63) is 29.8 Å². The van der Waals surface area contributed by atoms with Crippen LogP contribution in [0.3, 0.4) is 0 Å². The van der Waals surface area contributed by atoms with Gasteiger partial charge in [-0.2, -0.15) is 0 Å². The summed E-state index contributed by atoms with van der Waals surface area (Å²) in [5, 5.41) is 3.44. The van der Waals surface area contributed by atoms with Gasteiger partial charge in [0.2, 0.25) is 0 Å². The molecule has 0 aliphatic carbocycles. The average molecular weight is 293 g/mol. The van der Waals surface area contributed by atoms with E-state index in [4.69, 9.17) is 14.2 Å². The van der Waals surface area contributed by atoms with E-state index in [2.05, 4.69) is 24.4 Å². The van der Waals surface area contributed by atoms with Gasteiger partial charge < -0.3 is 19.5 Å². The van der Waals surface area contributed by atoms with Gasteiger partial charge in [-0.15, -0.1) is 0 Å². The van der Waals surface area contributed by atoms with Gasteiger partial charge in [0.25, 0.3) is 0 Å². The molecule has 1 aromatic rings. The molecule has 1 aliphatic rings. The lowest BCUT2D eigenvalue weighted by molar-refractivity contribution is -0.110. The summed E-state index contributed by atoms with van der Waals surface area (Å²) >= 11 is 0. The van der Waals surface area contributed by atoms with Crippen molar-refractivity contribution in [2.24, 2.45) is 0 Å². The summed E-state index contributed by atoms with van der Waals surface area (Å²) in [4.78, 5) is 0. The molecule has 21 heavy (non-hydrogen) atoms. The molecule has 0 amide bonds. The van der Waals surface area contributed by atoms with Crippen LogP contribution < -0.4 is 10.1 Å². The van der Waals surface area contributed by atoms with Crippen molar-refractivity contribution >= 4 is 0 Å². The minimum atomic E-state index is -0.237. The van der Waals surface area contributed by atoms with E-state index >= 15 is 0 Å². The van der Waals surface area contributed by atoms with Gasteiger partial charge in [-0.1, -0.05) is 25.1 Å². The second-order valence-electron chi connectivity index (χ2n) is 5.49. The predicted octanol–water partition coefficient (Wildman–Crippen LogP) is 2.93. The van der Waals surface area contributed by atoms with Gasteiger partial charge >= 0.3 is 0 Å². The third-order valence-electron chi connectivity index (χ3n) is 4.25. The van der Waals surface area contributed by atoms with Crippen molar-refractivity contribution in [3.63, 3.8) is 0 Å². The molecule has 1 atom stereocenters. The topological polar surface area (TPSA) is 39.7 Å². The summed E-state index contributed by atoms with van der Waals surface area (Å²) in [6.45, 7) is 4.33. The highest BCUT2D eigenvalue weighted by molar-refractivity contribution is 5.38. The first kappa shape index (κ1) is 16.3. The van der Waals surface area contributed by atoms with Crippen molar-refractivity contribution in [2.75, 3.05) is 34.0 Å². The Bertz CT molecular complexity index is 430. The van der Waals surface area contributed by atoms with E-state index in [0.717, 1.165) is 50.4 Å². The molecule has 0 saturated carbocycles. The number of ether oxygens (including phenoxy) is 3. The molecule has 0 spiro atoms. The zero-order valence-corrected chi connectivity index (χ0v) is 13.4. The molecule has 1 heterocycles. The lowest BCUT2D eigenvalue weighted by Gasteiger charge is -2.42. The fourth-order valence-corrected chi connectivity index (χ4v) is 3.09. The van der Waals surface area contributed by atoms with E-state index in [-0.39, 0.29) is 11.6 Å². The quantitative estimate of drug-likeness (QED) is 0.839. The third kappa shape index (κ3) is 3.57. The van der Waals surface area contributed by atoms with Crippen molar-refractivity contribution in [3.8, 4) is 5.75 Å². The first-order valence-electron chi connectivity index (χ1n) is 7.79. The van der Waals surface area contributed by atoms with Gasteiger partial charge in [-0.25, -0.2) is 0 Å². The summed E-state index contributed by atoms with van der Waals surface area (Å²) in [7, 11) is 3.78. The number of para-hydroxylation sites is 1. The maximum absolute atomic E-state index is 5.95. The van der Waals surface area contributed by atoms with Gasteiger partial charge in [-0.3, -0.25) is 0 Å². The second-order valence-corrected chi connectivity index (χ2v) is 5.49. The summed E-state index contributed by atoms with van der Waals surface area (Å²) < 4.78 is 17.4. The summed E-state index contributed by atoms with van der Waals surface area (Å²) in [6, 6.07) is 8.34. The number of benzene rings is 1. The fraction of sp³-hybridized carbons (Fsp3) is 0.647. The average Bonchev–Trinajstić information content (AvgIpc) is 2.55. The van der Waals surface area contributed by atoms with E-state index < -0.39 is 0 Å². The monoisotopic (exact) mass is 293 g/mol. The Balaban J connectivity index is 2.31. The Hall–Kier alpha value is -1.10. The Labute approximate surface area is 127 Å². The summed E-state index contributed by atoms with van der Waals surface area (Å²) in [5.74, 6) is 0.946. The first-order chi connectivity index (χ1) is 10.3. The predicted molar refractivity (Wildman–Crippen MR) is 83.8 cm³/mol. The SMILES string of the molecule is CCCOc1ccccc1C(NC)C1(OC)CCOCC1. The highest BCUT2D eigenvalue weighted by atomic mass is 16.5. The van der Waals surface area contributed by atoms with Crippen molar-refractivity contribution < 1.29 is 14.2 Å². The normalized spacial score (nSPS) is 19.2. The largest absolute Gasteiger partial charge is 0.493 e. The van der Waals surface area contributed by atoms with Crippen molar-refractivity contribution in [1.82, 2.24) is 5.32 Å². The molecule has 1 N–H and O–H groups in total. The van der Waals surface area contributed by atoms with Crippen LogP contribution in [-0.4, -0.2) is 39.6 Å². The van der Waals surface area contributed by atoms with Crippen LogP contribution in [0.4, 0.5) is 0 Å². The number of hydrogen-bond acceptors (Lipinski definition) is 4. The van der Waals surface area contributed by atoms with Crippen LogP contribution in [0.5, 0.6) is 5.75 Å². The molecule has 0 bridgehead atoms. The highest BCUT2D eigenvalue weighted by Crippen LogP contribution is 2.40. The number of nitrogens with one attached hydrogen (secondary N) is 1. The molecule has 118 valence electrons. The molecule has 1 saturated heterocycles. The first-order valence-corrected chi connectivity index (χ1v) is 7.79. The van der Waals surface area contributed by atoms with Gasteiger partial charge in [0.05, 0.1) is 18.2 Å². The molecule has 2 rings (SSSR count). The molecular formula is C17H27NO3. The van der Waals surface area contributed by atoms with Crippen LogP contribution in [0.2, 0.25) is 0 Å². The number of hydrogen-bond donors (Lipinski definition) is 1. The Morgan fingerprint density at radius 2 is 2.00 bits per heavy atom. The fourth-order valence-electron chi connectivity index (χ4n) is 3.09. The Kier molecular flexibility index (Phi) is 6.03. The molecule has 0 aromatic heterocycles. The highest BCUT2D eigenvalue weighted by Gasteiger charge is 2.41. The molecule has 1 fully saturated rings. The van der Waals surface area contributed by atoms with Crippen LogP contribution in [-0.2, 0) is 9.47 Å². The van der Waals surface area contributed by atoms with Crippen LogP contribution in [0.25, 0.3) is 0 Å². The van der Waals surface area contributed by atoms with Crippen LogP contribution in [0.1, 0.15) is 37.8 Å². The standard InChI is InChI=1S/C17H27NO3/c1-4-11-21-15-8-6-5-7-14(15)16(18-2)17(19-3)9-12-20-13-10-17/h5-8,16,18H,4,9-13H2,1-3H3. The minimum Gasteiger partial charge on any atom is -0.493 e. The van der Waals surface area contributed by atoms with Crippen molar-refractivity contribution in [2.45, 2.75) is 37.8 Å². The molecule has 0 radical (unpaired) electrons. The Morgan fingerprint density at radius 3 is 2.62 bits per heavy atom. The molecule has 1 aliphatic heterocycles. The number of likely N-dealkylation sites (N-methyl/N-ethyl adjacent to an activating group) is 1. The van der Waals surface area contributed by atoms with Crippen LogP contribution >= 0.6 is 0 Å². The van der Waals surface area contributed by atoms with Gasteiger partial charge in [0, 0.05) is 38.7 Å². The van der Waals surface area contributed by atoms with Gasteiger partial charge in [0.1, 0.15) is 5.75 Å². The lowest BCUT2D eigenvalue weighted by atomic mass is 9.81. The van der Waals surface area contributed by atoms with E-state index in [9.17, 15) is 0 Å². The number of methoxy groups -OCH3 is 1.